The Bertz CT molecular complexity index is 1270. The first kappa shape index (κ1) is 20.7. The number of rotatable bonds is 5. The number of aromatic nitrogens is 4. The first-order valence-electron chi connectivity index (χ1n) is 11.5. The van der Waals surface area contributed by atoms with E-state index in [4.69, 9.17) is 10.1 Å². The number of hydrogen-bond donors (Lipinski definition) is 1. The van der Waals surface area contributed by atoms with Gasteiger partial charge in [-0.15, -0.1) is 0 Å². The number of aryl methyl sites for hydroxylation is 2. The van der Waals surface area contributed by atoms with Gasteiger partial charge in [0, 0.05) is 22.7 Å². The SMILES string of the molecule is Cc1nc(NC2CC(C(C)(C)c3c(C)nn(-c4ccccc4)c3C)C2)c2ccccc2n1. The molecular weight excluding hydrogens is 394 g/mol. The van der Waals surface area contributed by atoms with Gasteiger partial charge in [-0.3, -0.25) is 0 Å². The molecule has 5 nitrogen and oxygen atoms in total. The number of nitrogens with zero attached hydrogens (tertiary/aromatic N) is 4. The highest BCUT2D eigenvalue weighted by atomic mass is 15.3. The highest BCUT2D eigenvalue weighted by molar-refractivity contribution is 5.89. The standard InChI is InChI=1S/C27H31N5/c1-17-25(18(2)32(31-17)22-11-7-6-8-12-22)27(4,5)20-15-21(16-20)30-26-23-13-9-10-14-24(23)28-19(3)29-26/h6-14,20-21H,15-16H2,1-5H3,(H,28,29,30). The summed E-state index contributed by atoms with van der Waals surface area (Å²) in [5.41, 5.74) is 5.93. The van der Waals surface area contributed by atoms with Crippen molar-refractivity contribution >= 4 is 16.7 Å². The molecule has 0 unspecified atom stereocenters. The fourth-order valence-electron chi connectivity index (χ4n) is 5.42. The van der Waals surface area contributed by atoms with Crippen molar-refractivity contribution in [3.8, 4) is 5.69 Å². The molecule has 0 saturated heterocycles. The third kappa shape index (κ3) is 3.46. The molecule has 5 heteroatoms. The summed E-state index contributed by atoms with van der Waals surface area (Å²) in [7, 11) is 0. The molecule has 0 amide bonds. The molecule has 2 heterocycles. The molecular formula is C27H31N5. The maximum atomic E-state index is 4.90. The number of fused-ring (bicyclic) bond motifs is 1. The second-order valence-electron chi connectivity index (χ2n) is 9.66. The van der Waals surface area contributed by atoms with Crippen LogP contribution in [0, 0.1) is 26.7 Å². The van der Waals surface area contributed by atoms with Gasteiger partial charge in [-0.1, -0.05) is 44.2 Å². The predicted octanol–water partition coefficient (Wildman–Crippen LogP) is 5.91. The van der Waals surface area contributed by atoms with Gasteiger partial charge in [0.2, 0.25) is 0 Å². The molecule has 0 spiro atoms. The van der Waals surface area contributed by atoms with Gasteiger partial charge in [0.15, 0.2) is 0 Å². The van der Waals surface area contributed by atoms with Crippen molar-refractivity contribution in [2.75, 3.05) is 5.32 Å². The fourth-order valence-corrected chi connectivity index (χ4v) is 5.42. The highest BCUT2D eigenvalue weighted by Gasteiger charge is 2.43. The molecule has 2 aromatic carbocycles. The summed E-state index contributed by atoms with van der Waals surface area (Å²) in [5, 5.41) is 9.70. The quantitative estimate of drug-likeness (QED) is 0.432. The molecule has 0 atom stereocenters. The zero-order chi connectivity index (χ0) is 22.5. The van der Waals surface area contributed by atoms with Crippen molar-refractivity contribution in [1.29, 1.82) is 0 Å². The Morgan fingerprint density at radius 2 is 1.59 bits per heavy atom. The number of nitrogens with one attached hydrogen (secondary N) is 1. The van der Waals surface area contributed by atoms with Crippen LogP contribution in [0.1, 0.15) is 49.5 Å². The van der Waals surface area contributed by atoms with Crippen molar-refractivity contribution in [3.05, 3.63) is 77.4 Å². The zero-order valence-corrected chi connectivity index (χ0v) is 19.6. The Morgan fingerprint density at radius 1 is 0.906 bits per heavy atom. The lowest BCUT2D eigenvalue weighted by Crippen LogP contribution is -2.45. The van der Waals surface area contributed by atoms with E-state index in [1.165, 1.54) is 11.3 Å². The van der Waals surface area contributed by atoms with Crippen LogP contribution in [0.3, 0.4) is 0 Å². The molecule has 0 radical (unpaired) electrons. The van der Waals surface area contributed by atoms with Gasteiger partial charge >= 0.3 is 0 Å². The minimum Gasteiger partial charge on any atom is -0.367 e. The molecule has 2 aromatic heterocycles. The number of para-hydroxylation sites is 2. The maximum Gasteiger partial charge on any atom is 0.137 e. The van der Waals surface area contributed by atoms with Crippen LogP contribution < -0.4 is 5.32 Å². The van der Waals surface area contributed by atoms with Gasteiger partial charge < -0.3 is 5.32 Å². The lowest BCUT2D eigenvalue weighted by Gasteiger charge is -2.46. The van der Waals surface area contributed by atoms with Gasteiger partial charge in [-0.25, -0.2) is 14.6 Å². The van der Waals surface area contributed by atoms with Crippen LogP contribution in [0.15, 0.2) is 54.6 Å². The van der Waals surface area contributed by atoms with Gasteiger partial charge in [-0.05, 0) is 69.2 Å². The second-order valence-corrected chi connectivity index (χ2v) is 9.66. The van der Waals surface area contributed by atoms with Crippen LogP contribution in [0.25, 0.3) is 16.6 Å². The Balaban J connectivity index is 1.36. The monoisotopic (exact) mass is 425 g/mol. The third-order valence-electron chi connectivity index (χ3n) is 7.15. The molecule has 0 bridgehead atoms. The van der Waals surface area contributed by atoms with E-state index in [0.717, 1.165) is 46.8 Å². The van der Waals surface area contributed by atoms with Crippen LogP contribution in [0.2, 0.25) is 0 Å². The van der Waals surface area contributed by atoms with E-state index in [1.807, 2.05) is 19.1 Å². The Kier molecular flexibility index (Phi) is 5.00. The van der Waals surface area contributed by atoms with E-state index in [0.29, 0.717) is 12.0 Å². The normalized spacial score (nSPS) is 18.5. The van der Waals surface area contributed by atoms with Crippen LogP contribution in [0.5, 0.6) is 0 Å². The third-order valence-corrected chi connectivity index (χ3v) is 7.15. The van der Waals surface area contributed by atoms with E-state index in [-0.39, 0.29) is 5.41 Å². The van der Waals surface area contributed by atoms with E-state index in [2.05, 4.69) is 85.1 Å². The zero-order valence-electron chi connectivity index (χ0n) is 19.6. The number of anilines is 1. The molecule has 1 aliphatic rings. The highest BCUT2D eigenvalue weighted by Crippen LogP contribution is 2.47. The number of benzene rings is 2. The average Bonchev–Trinajstić information content (AvgIpc) is 3.05. The van der Waals surface area contributed by atoms with E-state index in [1.54, 1.807) is 0 Å². The van der Waals surface area contributed by atoms with Crippen molar-refractivity contribution in [2.45, 2.75) is 58.9 Å². The van der Waals surface area contributed by atoms with Crippen molar-refractivity contribution in [1.82, 2.24) is 19.7 Å². The van der Waals surface area contributed by atoms with Crippen molar-refractivity contribution in [3.63, 3.8) is 0 Å². The van der Waals surface area contributed by atoms with Crippen molar-refractivity contribution < 1.29 is 0 Å². The molecule has 164 valence electrons. The summed E-state index contributed by atoms with van der Waals surface area (Å²) in [6.45, 7) is 11.1. The molecule has 4 aromatic rings. The molecule has 1 N–H and O–H groups in total. The van der Waals surface area contributed by atoms with Gasteiger partial charge in [-0.2, -0.15) is 5.10 Å². The first-order valence-corrected chi connectivity index (χ1v) is 11.5. The molecule has 1 aliphatic carbocycles. The summed E-state index contributed by atoms with van der Waals surface area (Å²) in [4.78, 5) is 9.27. The summed E-state index contributed by atoms with van der Waals surface area (Å²) in [6.07, 6.45) is 2.25. The maximum absolute atomic E-state index is 4.90. The second kappa shape index (κ2) is 7.73. The van der Waals surface area contributed by atoms with Crippen LogP contribution in [-0.4, -0.2) is 25.8 Å². The topological polar surface area (TPSA) is 55.6 Å². The summed E-state index contributed by atoms with van der Waals surface area (Å²) in [5.74, 6) is 2.36. The first-order chi connectivity index (χ1) is 15.3. The Labute approximate surface area is 189 Å². The van der Waals surface area contributed by atoms with Crippen molar-refractivity contribution in [2.24, 2.45) is 5.92 Å². The Hall–Kier alpha value is -3.21. The molecule has 0 aliphatic heterocycles. The Morgan fingerprint density at radius 3 is 2.34 bits per heavy atom. The lowest BCUT2D eigenvalue weighted by molar-refractivity contribution is 0.174. The van der Waals surface area contributed by atoms with E-state index in [9.17, 15) is 0 Å². The van der Waals surface area contributed by atoms with Gasteiger partial charge in [0.05, 0.1) is 16.9 Å². The van der Waals surface area contributed by atoms with E-state index >= 15 is 0 Å². The molecule has 5 rings (SSSR count). The van der Waals surface area contributed by atoms with Crippen LogP contribution >= 0.6 is 0 Å². The smallest absolute Gasteiger partial charge is 0.137 e. The molecule has 32 heavy (non-hydrogen) atoms. The average molecular weight is 426 g/mol. The molecule has 1 saturated carbocycles. The minimum atomic E-state index is 0.0586. The van der Waals surface area contributed by atoms with Crippen LogP contribution in [-0.2, 0) is 5.41 Å². The van der Waals surface area contributed by atoms with Crippen LogP contribution in [0.4, 0.5) is 5.82 Å². The summed E-state index contributed by atoms with van der Waals surface area (Å²) < 4.78 is 2.09. The van der Waals surface area contributed by atoms with Gasteiger partial charge in [0.25, 0.3) is 0 Å². The number of hydrogen-bond acceptors (Lipinski definition) is 4. The summed E-state index contributed by atoms with van der Waals surface area (Å²) >= 11 is 0. The predicted molar refractivity (Wildman–Crippen MR) is 130 cm³/mol. The molecule has 1 fully saturated rings. The lowest BCUT2D eigenvalue weighted by atomic mass is 9.61. The van der Waals surface area contributed by atoms with E-state index < -0.39 is 0 Å². The summed E-state index contributed by atoms with van der Waals surface area (Å²) in [6, 6.07) is 19.1. The van der Waals surface area contributed by atoms with Gasteiger partial charge in [0.1, 0.15) is 11.6 Å². The largest absolute Gasteiger partial charge is 0.367 e. The fraction of sp³-hybridized carbons (Fsp3) is 0.370. The minimum absolute atomic E-state index is 0.0586.